The lowest BCUT2D eigenvalue weighted by Gasteiger charge is -2.23. The fraction of sp³-hybridized carbons (Fsp3) is 0.538. The third kappa shape index (κ3) is 3.19. The van der Waals surface area contributed by atoms with E-state index in [-0.39, 0.29) is 10.8 Å². The third-order valence-electron chi connectivity index (χ3n) is 2.96. The zero-order chi connectivity index (χ0) is 14.0. The van der Waals surface area contributed by atoms with Crippen LogP contribution in [0.5, 0.6) is 0 Å². The number of hydrogen-bond acceptors (Lipinski definition) is 3. The Morgan fingerprint density at radius 3 is 2.63 bits per heavy atom. The first-order valence-electron chi connectivity index (χ1n) is 6.40. The first-order chi connectivity index (χ1) is 8.91. The molecule has 19 heavy (non-hydrogen) atoms. The molecule has 2 N–H and O–H groups in total. The van der Waals surface area contributed by atoms with Crippen molar-refractivity contribution < 1.29 is 4.21 Å². The van der Waals surface area contributed by atoms with Gasteiger partial charge in [-0.1, -0.05) is 13.0 Å². The minimum Gasteiger partial charge on any atom is -0.242 e. The van der Waals surface area contributed by atoms with Gasteiger partial charge >= 0.3 is 0 Å². The van der Waals surface area contributed by atoms with Gasteiger partial charge in [-0.05, 0) is 44.9 Å². The number of H-pyrrole nitrogens is 1. The van der Waals surface area contributed by atoms with Crippen LogP contribution in [0.2, 0.25) is 0 Å². The van der Waals surface area contributed by atoms with Crippen molar-refractivity contribution in [1.29, 1.82) is 0 Å². The van der Waals surface area contributed by atoms with E-state index in [9.17, 15) is 4.21 Å². The highest BCUT2D eigenvalue weighted by molar-refractivity contribution is 7.84. The van der Waals surface area contributed by atoms with Crippen molar-refractivity contribution in [1.82, 2.24) is 20.1 Å². The minimum absolute atomic E-state index is 0.0566. The van der Waals surface area contributed by atoms with E-state index >= 15 is 0 Å². The van der Waals surface area contributed by atoms with Crippen LogP contribution in [0.1, 0.15) is 45.7 Å². The zero-order valence-corrected chi connectivity index (χ0v) is 12.5. The molecule has 0 spiro atoms. The number of nitrogens with one attached hydrogen (secondary N) is 2. The summed E-state index contributed by atoms with van der Waals surface area (Å²) < 4.78 is 15.1. The van der Waals surface area contributed by atoms with Crippen molar-refractivity contribution in [3.8, 4) is 0 Å². The van der Waals surface area contributed by atoms with Gasteiger partial charge < -0.3 is 0 Å². The molecule has 1 aromatic heterocycles. The lowest BCUT2D eigenvalue weighted by atomic mass is 10.1. The van der Waals surface area contributed by atoms with Crippen LogP contribution in [0, 0.1) is 0 Å². The van der Waals surface area contributed by atoms with Crippen LogP contribution < -0.4 is 4.72 Å². The fourth-order valence-corrected chi connectivity index (χ4v) is 2.68. The van der Waals surface area contributed by atoms with Gasteiger partial charge in [0.2, 0.25) is 0 Å². The molecule has 2 atom stereocenters. The maximum atomic E-state index is 12.2. The summed E-state index contributed by atoms with van der Waals surface area (Å²) in [7, 11) is -1.09. The molecule has 1 heterocycles. The van der Waals surface area contributed by atoms with Gasteiger partial charge in [0.05, 0.1) is 15.7 Å². The molecule has 0 saturated heterocycles. The molecule has 6 heteroatoms. The lowest BCUT2D eigenvalue weighted by molar-refractivity contribution is 0.589. The number of aromatic amines is 1. The summed E-state index contributed by atoms with van der Waals surface area (Å²) >= 11 is 0. The van der Waals surface area contributed by atoms with E-state index in [2.05, 4.69) is 27.1 Å². The minimum atomic E-state index is -1.09. The van der Waals surface area contributed by atoms with E-state index in [1.807, 2.05) is 39.0 Å². The second-order valence-electron chi connectivity index (χ2n) is 5.53. The molecule has 0 saturated carbocycles. The number of benzene rings is 1. The predicted octanol–water partition coefficient (Wildman–Crippen LogP) is 2.46. The van der Waals surface area contributed by atoms with Gasteiger partial charge in [-0.25, -0.2) is 8.93 Å². The molecule has 1 unspecified atom stereocenters. The average molecular weight is 280 g/mol. The molecule has 5 nitrogen and oxygen atoms in total. The highest BCUT2D eigenvalue weighted by atomic mass is 32.2. The summed E-state index contributed by atoms with van der Waals surface area (Å²) in [5.74, 6) is 0. The second kappa shape index (κ2) is 5.38. The molecule has 0 aliphatic heterocycles. The van der Waals surface area contributed by atoms with Gasteiger partial charge in [-0.3, -0.25) is 0 Å². The molecule has 0 aliphatic carbocycles. The summed E-state index contributed by atoms with van der Waals surface area (Å²) in [5.41, 5.74) is 2.76. The van der Waals surface area contributed by atoms with E-state index in [1.165, 1.54) is 0 Å². The van der Waals surface area contributed by atoms with Crippen molar-refractivity contribution in [2.75, 3.05) is 0 Å². The zero-order valence-electron chi connectivity index (χ0n) is 11.7. The Labute approximate surface area is 115 Å². The number of rotatable bonds is 4. The van der Waals surface area contributed by atoms with Crippen molar-refractivity contribution in [3.05, 3.63) is 23.8 Å². The molecule has 104 valence electrons. The Morgan fingerprint density at radius 1 is 1.32 bits per heavy atom. The Morgan fingerprint density at radius 2 is 2.00 bits per heavy atom. The van der Waals surface area contributed by atoms with Gasteiger partial charge in [-0.15, -0.1) is 0 Å². The summed E-state index contributed by atoms with van der Waals surface area (Å²) in [4.78, 5) is 0. The van der Waals surface area contributed by atoms with E-state index in [0.717, 1.165) is 23.0 Å². The number of fused-ring (bicyclic) bond motifs is 1. The lowest BCUT2D eigenvalue weighted by Crippen LogP contribution is -2.35. The Bertz CT molecular complexity index is 588. The maximum absolute atomic E-state index is 12.2. The van der Waals surface area contributed by atoms with Gasteiger partial charge in [0, 0.05) is 6.04 Å². The maximum Gasteiger partial charge on any atom is 0.113 e. The first kappa shape index (κ1) is 14.1. The molecule has 0 amide bonds. The fourth-order valence-electron chi connectivity index (χ4n) is 1.77. The SMILES string of the molecule is CC[C@@H](NS(=O)C(C)(C)C)c1ccc2n[nH]nc2c1. The monoisotopic (exact) mass is 280 g/mol. The Kier molecular flexibility index (Phi) is 4.01. The van der Waals surface area contributed by atoms with Crippen LogP contribution in [-0.4, -0.2) is 24.4 Å². The summed E-state index contributed by atoms with van der Waals surface area (Å²) in [6.07, 6.45) is 0.866. The Balaban J connectivity index is 2.23. The molecule has 2 aromatic rings. The first-order valence-corrected chi connectivity index (χ1v) is 7.55. The number of nitrogens with zero attached hydrogens (tertiary/aromatic N) is 2. The Hall–Kier alpha value is -1.27. The molecule has 0 radical (unpaired) electrons. The van der Waals surface area contributed by atoms with E-state index in [0.29, 0.717) is 0 Å². The highest BCUT2D eigenvalue weighted by Crippen LogP contribution is 2.22. The number of aromatic nitrogens is 3. The molecular formula is C13H20N4OS. The molecule has 0 bridgehead atoms. The standard InChI is InChI=1S/C13H20N4OS/c1-5-10(16-19(18)13(2,3)4)9-6-7-11-12(8-9)15-17-14-11/h6-8,10,16H,5H2,1-4H3,(H,14,15,17)/t10-,19?/m1/s1. The van der Waals surface area contributed by atoms with Crippen LogP contribution >= 0.6 is 0 Å². The van der Waals surface area contributed by atoms with E-state index in [4.69, 9.17) is 0 Å². The summed E-state index contributed by atoms with van der Waals surface area (Å²) in [6.45, 7) is 7.96. The molecule has 1 aromatic carbocycles. The molecule has 2 rings (SSSR count). The van der Waals surface area contributed by atoms with Gasteiger partial charge in [-0.2, -0.15) is 15.4 Å². The largest absolute Gasteiger partial charge is 0.242 e. The number of hydrogen-bond donors (Lipinski definition) is 2. The van der Waals surface area contributed by atoms with Crippen LogP contribution in [0.15, 0.2) is 18.2 Å². The highest BCUT2D eigenvalue weighted by Gasteiger charge is 2.23. The summed E-state index contributed by atoms with van der Waals surface area (Å²) in [6, 6.07) is 5.98. The second-order valence-corrected chi connectivity index (χ2v) is 7.53. The van der Waals surface area contributed by atoms with Crippen LogP contribution in [0.4, 0.5) is 0 Å². The van der Waals surface area contributed by atoms with Crippen molar-refractivity contribution in [2.24, 2.45) is 0 Å². The average Bonchev–Trinajstić information content (AvgIpc) is 2.81. The molecule has 0 aliphatic rings. The van der Waals surface area contributed by atoms with Crippen molar-refractivity contribution >= 4 is 22.0 Å². The van der Waals surface area contributed by atoms with Crippen LogP contribution in [0.3, 0.4) is 0 Å². The smallest absolute Gasteiger partial charge is 0.113 e. The molecule has 0 fully saturated rings. The van der Waals surface area contributed by atoms with Gasteiger partial charge in [0.15, 0.2) is 0 Å². The van der Waals surface area contributed by atoms with E-state index in [1.54, 1.807) is 0 Å². The van der Waals surface area contributed by atoms with Gasteiger partial charge in [0.1, 0.15) is 11.0 Å². The quantitative estimate of drug-likeness (QED) is 0.903. The molecular weight excluding hydrogens is 260 g/mol. The topological polar surface area (TPSA) is 70.7 Å². The predicted molar refractivity (Wildman–Crippen MR) is 78.0 cm³/mol. The third-order valence-corrected chi connectivity index (χ3v) is 4.57. The van der Waals surface area contributed by atoms with E-state index < -0.39 is 11.0 Å². The summed E-state index contributed by atoms with van der Waals surface area (Å²) in [5, 5.41) is 10.7. The normalized spacial score (nSPS) is 15.6. The van der Waals surface area contributed by atoms with Crippen molar-refractivity contribution in [3.63, 3.8) is 0 Å². The van der Waals surface area contributed by atoms with Crippen LogP contribution in [0.25, 0.3) is 11.0 Å². The van der Waals surface area contributed by atoms with Crippen molar-refractivity contribution in [2.45, 2.75) is 44.9 Å². The van der Waals surface area contributed by atoms with Gasteiger partial charge in [0.25, 0.3) is 0 Å². The van der Waals surface area contributed by atoms with Crippen LogP contribution in [-0.2, 0) is 11.0 Å².